The van der Waals surface area contributed by atoms with Gasteiger partial charge in [0.05, 0.1) is 30.8 Å². The smallest absolute Gasteiger partial charge is 0.255 e. The van der Waals surface area contributed by atoms with Gasteiger partial charge in [-0.3, -0.25) is 9.78 Å². The van der Waals surface area contributed by atoms with E-state index in [1.165, 1.54) is 18.5 Å². The maximum absolute atomic E-state index is 12.5. The van der Waals surface area contributed by atoms with Crippen LogP contribution in [0.25, 0.3) is 0 Å². The van der Waals surface area contributed by atoms with Crippen LogP contribution in [0.5, 0.6) is 0 Å². The minimum absolute atomic E-state index is 0.111. The average molecular weight is 283 g/mol. The quantitative estimate of drug-likeness (QED) is 0.751. The summed E-state index contributed by atoms with van der Waals surface area (Å²) >= 11 is 0. The van der Waals surface area contributed by atoms with Gasteiger partial charge in [0.15, 0.2) is 0 Å². The van der Waals surface area contributed by atoms with Crippen molar-refractivity contribution < 1.29 is 18.7 Å². The molecule has 20 heavy (non-hydrogen) atoms. The Bertz CT molecular complexity index is 512. The molecule has 1 amide bonds. The topological polar surface area (TPSA) is 79.5 Å². The number of carbonyl (C=O) groups excluding carboxylic acids is 1. The summed E-state index contributed by atoms with van der Waals surface area (Å²) in [6, 6.07) is 1.40. The van der Waals surface area contributed by atoms with Crippen LogP contribution in [0.3, 0.4) is 0 Å². The normalized spacial score (nSPS) is 10.1. The van der Waals surface area contributed by atoms with E-state index in [1.807, 2.05) is 0 Å². The molecule has 0 atom stereocenters. The monoisotopic (exact) mass is 283 g/mol. The second-order valence-corrected chi connectivity index (χ2v) is 3.79. The largest absolute Gasteiger partial charge is 0.395 e. The van der Waals surface area contributed by atoms with Crippen LogP contribution >= 0.6 is 0 Å². The molecule has 0 aliphatic heterocycles. The van der Waals surface area contributed by atoms with Gasteiger partial charge in [0.1, 0.15) is 0 Å². The number of amides is 1. The molecule has 3 N–H and O–H groups in total. The predicted molar refractivity (Wildman–Crippen MR) is 69.2 cm³/mol. The van der Waals surface area contributed by atoms with Crippen LogP contribution in [0, 0.1) is 11.8 Å². The number of aliphatic hydroxyl groups is 1. The van der Waals surface area contributed by atoms with Gasteiger partial charge in [0.2, 0.25) is 0 Å². The van der Waals surface area contributed by atoms with Crippen LogP contribution in [0.1, 0.15) is 15.9 Å². The van der Waals surface area contributed by atoms with Gasteiger partial charge in [0.25, 0.3) is 12.3 Å². The van der Waals surface area contributed by atoms with Gasteiger partial charge >= 0.3 is 0 Å². The summed E-state index contributed by atoms with van der Waals surface area (Å²) < 4.78 is 24.9. The van der Waals surface area contributed by atoms with E-state index in [1.54, 1.807) is 0 Å². The van der Waals surface area contributed by atoms with Crippen molar-refractivity contribution in [2.75, 3.05) is 26.2 Å². The number of nitrogens with zero attached hydrogens (tertiary/aromatic N) is 2. The van der Waals surface area contributed by atoms with Crippen molar-refractivity contribution in [3.05, 3.63) is 29.6 Å². The van der Waals surface area contributed by atoms with Crippen LogP contribution in [0.4, 0.5) is 8.78 Å². The molecule has 108 valence electrons. The lowest BCUT2D eigenvalue weighted by Gasteiger charge is -2.21. The molecule has 0 aromatic carbocycles. The van der Waals surface area contributed by atoms with Gasteiger partial charge in [-0.1, -0.05) is 11.8 Å². The van der Waals surface area contributed by atoms with E-state index in [-0.39, 0.29) is 18.7 Å². The molecule has 1 rings (SSSR count). The van der Waals surface area contributed by atoms with Crippen molar-refractivity contribution in [2.45, 2.75) is 6.43 Å². The van der Waals surface area contributed by atoms with Crippen LogP contribution in [0.15, 0.2) is 18.5 Å². The number of hydrogen-bond acceptors (Lipinski definition) is 4. The lowest BCUT2D eigenvalue weighted by Crippen LogP contribution is -2.37. The number of nitrogens with two attached hydrogens (primary N) is 1. The van der Waals surface area contributed by atoms with Crippen molar-refractivity contribution in [1.29, 1.82) is 0 Å². The molecule has 0 saturated heterocycles. The number of rotatable bonds is 5. The van der Waals surface area contributed by atoms with E-state index in [0.29, 0.717) is 5.56 Å². The first-order valence-corrected chi connectivity index (χ1v) is 5.91. The molecular formula is C13H15F2N3O2. The predicted octanol–water partition coefficient (Wildman–Crippen LogP) is 0.0914. The van der Waals surface area contributed by atoms with Crippen LogP contribution in [-0.4, -0.2) is 53.6 Å². The molecule has 0 fully saturated rings. The number of aromatic nitrogens is 1. The fourth-order valence-corrected chi connectivity index (χ4v) is 1.56. The standard InChI is InChI=1S/C13H15F2N3O2/c14-12(15)9-18(6-7-19)13(20)11-3-5-17-8-10(11)2-1-4-16/h3,5,8,12,19H,4,6-7,9,16H2. The van der Waals surface area contributed by atoms with Gasteiger partial charge in [-0.15, -0.1) is 0 Å². The summed E-state index contributed by atoms with van der Waals surface area (Å²) in [5.41, 5.74) is 5.74. The number of halogens is 2. The van der Waals surface area contributed by atoms with Crippen LogP contribution in [-0.2, 0) is 0 Å². The fourth-order valence-electron chi connectivity index (χ4n) is 1.56. The molecule has 0 aliphatic rings. The number of carbonyl (C=O) groups is 1. The molecule has 1 aromatic rings. The van der Waals surface area contributed by atoms with Crippen molar-refractivity contribution in [2.24, 2.45) is 5.73 Å². The third-order valence-electron chi connectivity index (χ3n) is 2.39. The molecule has 0 unspecified atom stereocenters. The third kappa shape index (κ3) is 4.57. The Kier molecular flexibility index (Phi) is 6.56. The highest BCUT2D eigenvalue weighted by molar-refractivity contribution is 5.96. The Balaban J connectivity index is 3.04. The summed E-state index contributed by atoms with van der Waals surface area (Å²) in [6.45, 7) is -1.20. The molecule has 0 spiro atoms. The Hall–Kier alpha value is -2.04. The highest BCUT2D eigenvalue weighted by atomic mass is 19.3. The maximum Gasteiger partial charge on any atom is 0.255 e. The average Bonchev–Trinajstić information content (AvgIpc) is 2.44. The van der Waals surface area contributed by atoms with Crippen LogP contribution in [0.2, 0.25) is 0 Å². The van der Waals surface area contributed by atoms with E-state index in [0.717, 1.165) is 4.90 Å². The second-order valence-electron chi connectivity index (χ2n) is 3.79. The highest BCUT2D eigenvalue weighted by Crippen LogP contribution is 2.11. The zero-order valence-corrected chi connectivity index (χ0v) is 10.7. The highest BCUT2D eigenvalue weighted by Gasteiger charge is 2.21. The molecule has 1 aromatic heterocycles. The van der Waals surface area contributed by atoms with Gasteiger partial charge in [-0.05, 0) is 6.07 Å². The Labute approximate surface area is 115 Å². The van der Waals surface area contributed by atoms with Crippen molar-refractivity contribution in [3.8, 4) is 11.8 Å². The Morgan fingerprint density at radius 1 is 1.55 bits per heavy atom. The first-order chi connectivity index (χ1) is 9.60. The molecule has 1 heterocycles. The van der Waals surface area contributed by atoms with Gasteiger partial charge in [0, 0.05) is 18.9 Å². The summed E-state index contributed by atoms with van der Waals surface area (Å²) in [6.07, 6.45) is 0.0707. The minimum atomic E-state index is -2.68. The number of hydrogen-bond donors (Lipinski definition) is 2. The molecule has 0 saturated carbocycles. The van der Waals surface area contributed by atoms with Crippen LogP contribution < -0.4 is 5.73 Å². The Morgan fingerprint density at radius 3 is 2.90 bits per heavy atom. The minimum Gasteiger partial charge on any atom is -0.395 e. The fraction of sp³-hybridized carbons (Fsp3) is 0.385. The summed E-state index contributed by atoms with van der Waals surface area (Å²) in [4.78, 5) is 16.9. The van der Waals surface area contributed by atoms with E-state index < -0.39 is 25.5 Å². The maximum atomic E-state index is 12.5. The van der Waals surface area contributed by atoms with Crippen molar-refractivity contribution in [3.63, 3.8) is 0 Å². The van der Waals surface area contributed by atoms with Crippen molar-refractivity contribution in [1.82, 2.24) is 9.88 Å². The molecule has 5 nitrogen and oxygen atoms in total. The SMILES string of the molecule is NCC#Cc1cnccc1C(=O)N(CCO)CC(F)F. The summed E-state index contributed by atoms with van der Waals surface area (Å²) in [5.74, 6) is 4.63. The number of alkyl halides is 2. The molecule has 7 heteroatoms. The zero-order valence-electron chi connectivity index (χ0n) is 10.7. The van der Waals surface area contributed by atoms with Crippen molar-refractivity contribution >= 4 is 5.91 Å². The summed E-state index contributed by atoms with van der Waals surface area (Å²) in [5, 5.41) is 8.86. The van der Waals surface area contributed by atoms with Gasteiger partial charge < -0.3 is 15.7 Å². The van der Waals surface area contributed by atoms with Gasteiger partial charge in [-0.2, -0.15) is 0 Å². The first kappa shape index (κ1) is 16.0. The molecule has 0 radical (unpaired) electrons. The van der Waals surface area contributed by atoms with E-state index in [9.17, 15) is 13.6 Å². The van der Waals surface area contributed by atoms with E-state index in [2.05, 4.69) is 16.8 Å². The summed E-state index contributed by atoms with van der Waals surface area (Å²) in [7, 11) is 0. The van der Waals surface area contributed by atoms with Gasteiger partial charge in [-0.25, -0.2) is 8.78 Å². The second kappa shape index (κ2) is 8.19. The zero-order chi connectivity index (χ0) is 15.0. The molecule has 0 aliphatic carbocycles. The molecule has 0 bridgehead atoms. The lowest BCUT2D eigenvalue weighted by molar-refractivity contribution is 0.0509. The molecular weight excluding hydrogens is 268 g/mol. The third-order valence-corrected chi connectivity index (χ3v) is 2.39. The lowest BCUT2D eigenvalue weighted by atomic mass is 10.1. The van der Waals surface area contributed by atoms with E-state index >= 15 is 0 Å². The van der Waals surface area contributed by atoms with E-state index in [4.69, 9.17) is 10.8 Å². The Morgan fingerprint density at radius 2 is 2.30 bits per heavy atom. The number of pyridine rings is 1. The number of aliphatic hydroxyl groups excluding tert-OH is 1. The first-order valence-electron chi connectivity index (χ1n) is 5.91.